The highest BCUT2D eigenvalue weighted by atomic mass is 32.2. The van der Waals surface area contributed by atoms with Gasteiger partial charge in [-0.25, -0.2) is 12.8 Å². The first-order chi connectivity index (χ1) is 11.3. The molecule has 1 fully saturated rings. The molecule has 0 saturated carbocycles. The zero-order valence-electron chi connectivity index (χ0n) is 12.8. The number of carbonyl (C=O) groups excluding carboxylic acids is 1. The SMILES string of the molecule is CS(=O)(=O)N1CCC[C@H]1c1nnc(C(=O)Nc2cccc(F)c2)s1. The summed E-state index contributed by atoms with van der Waals surface area (Å²) in [7, 11) is -3.33. The molecule has 10 heteroatoms. The molecule has 1 aliphatic heterocycles. The average molecular weight is 370 g/mol. The molecular formula is C14H15FN4O3S2. The molecule has 1 amide bonds. The number of aromatic nitrogens is 2. The molecule has 2 heterocycles. The summed E-state index contributed by atoms with van der Waals surface area (Å²) in [5, 5.41) is 10.9. The van der Waals surface area contributed by atoms with Gasteiger partial charge in [-0.3, -0.25) is 4.79 Å². The van der Waals surface area contributed by atoms with E-state index in [1.807, 2.05) is 0 Å². The summed E-state index contributed by atoms with van der Waals surface area (Å²) >= 11 is 1.05. The van der Waals surface area contributed by atoms with E-state index in [0.717, 1.165) is 24.0 Å². The fraction of sp³-hybridized carbons (Fsp3) is 0.357. The van der Waals surface area contributed by atoms with Crippen LogP contribution in [0.15, 0.2) is 24.3 Å². The molecule has 7 nitrogen and oxygen atoms in total. The molecule has 3 rings (SSSR count). The predicted octanol–water partition coefficient (Wildman–Crippen LogP) is 2.03. The first-order valence-corrected chi connectivity index (χ1v) is 9.88. The van der Waals surface area contributed by atoms with Crippen molar-refractivity contribution in [2.24, 2.45) is 0 Å². The van der Waals surface area contributed by atoms with Gasteiger partial charge in [-0.2, -0.15) is 4.31 Å². The van der Waals surface area contributed by atoms with Crippen molar-refractivity contribution in [2.45, 2.75) is 18.9 Å². The van der Waals surface area contributed by atoms with Gasteiger partial charge in [-0.05, 0) is 31.0 Å². The van der Waals surface area contributed by atoms with E-state index in [1.54, 1.807) is 6.07 Å². The predicted molar refractivity (Wildman–Crippen MR) is 87.8 cm³/mol. The van der Waals surface area contributed by atoms with Crippen molar-refractivity contribution in [2.75, 3.05) is 18.1 Å². The van der Waals surface area contributed by atoms with Crippen molar-refractivity contribution >= 4 is 33.0 Å². The topological polar surface area (TPSA) is 92.3 Å². The van der Waals surface area contributed by atoms with Crippen LogP contribution in [0, 0.1) is 5.82 Å². The molecular weight excluding hydrogens is 355 g/mol. The lowest BCUT2D eigenvalue weighted by Crippen LogP contribution is -2.29. The van der Waals surface area contributed by atoms with Crippen molar-refractivity contribution in [1.82, 2.24) is 14.5 Å². The van der Waals surface area contributed by atoms with Crippen molar-refractivity contribution in [1.29, 1.82) is 0 Å². The van der Waals surface area contributed by atoms with Crippen LogP contribution in [0.1, 0.15) is 33.7 Å². The maximum atomic E-state index is 13.1. The Labute approximate surface area is 142 Å². The van der Waals surface area contributed by atoms with E-state index in [4.69, 9.17) is 0 Å². The number of anilines is 1. The minimum atomic E-state index is -3.33. The third-order valence-electron chi connectivity index (χ3n) is 3.63. The summed E-state index contributed by atoms with van der Waals surface area (Å²) in [6.45, 7) is 0.438. The maximum absolute atomic E-state index is 13.1. The Kier molecular flexibility index (Phi) is 4.61. The lowest BCUT2D eigenvalue weighted by molar-refractivity contribution is 0.102. The molecule has 0 radical (unpaired) electrons. The van der Waals surface area contributed by atoms with Crippen LogP contribution in [-0.2, 0) is 10.0 Å². The average Bonchev–Trinajstić information content (AvgIpc) is 3.15. The summed E-state index contributed by atoms with van der Waals surface area (Å²) in [5.74, 6) is -0.964. The highest BCUT2D eigenvalue weighted by molar-refractivity contribution is 7.88. The number of amides is 1. The smallest absolute Gasteiger partial charge is 0.286 e. The fourth-order valence-corrected chi connectivity index (χ4v) is 4.68. The zero-order chi connectivity index (χ0) is 17.3. The Morgan fingerprint density at radius 2 is 2.21 bits per heavy atom. The molecule has 1 aromatic carbocycles. The van der Waals surface area contributed by atoms with Gasteiger partial charge in [0.1, 0.15) is 10.8 Å². The van der Waals surface area contributed by atoms with E-state index in [9.17, 15) is 17.6 Å². The molecule has 1 aromatic heterocycles. The standard InChI is InChI=1S/C14H15FN4O3S2/c1-24(21,22)19-7-3-6-11(19)13-17-18-14(23-13)12(20)16-10-5-2-4-9(15)8-10/h2,4-5,8,11H,3,6-7H2,1H3,(H,16,20)/t11-/m0/s1. The first kappa shape index (κ1) is 16.9. The highest BCUT2D eigenvalue weighted by Crippen LogP contribution is 2.35. The van der Waals surface area contributed by atoms with E-state index in [-0.39, 0.29) is 11.0 Å². The normalized spacial score (nSPS) is 18.7. The van der Waals surface area contributed by atoms with Crippen LogP contribution in [0.5, 0.6) is 0 Å². The van der Waals surface area contributed by atoms with E-state index in [1.165, 1.54) is 22.5 Å². The molecule has 128 valence electrons. The number of halogens is 1. The number of nitrogens with zero attached hydrogens (tertiary/aromatic N) is 3. The Bertz CT molecular complexity index is 868. The van der Waals surface area contributed by atoms with Crippen LogP contribution in [0.3, 0.4) is 0 Å². The second-order valence-electron chi connectivity index (χ2n) is 5.44. The molecule has 0 unspecified atom stereocenters. The minimum Gasteiger partial charge on any atom is -0.320 e. The van der Waals surface area contributed by atoms with Crippen LogP contribution < -0.4 is 5.32 Å². The van der Waals surface area contributed by atoms with Gasteiger partial charge in [0.15, 0.2) is 0 Å². The largest absolute Gasteiger partial charge is 0.320 e. The summed E-state index contributed by atoms with van der Waals surface area (Å²) < 4.78 is 38.1. The second-order valence-corrected chi connectivity index (χ2v) is 8.39. The van der Waals surface area contributed by atoms with Crippen molar-refractivity contribution in [3.05, 3.63) is 40.1 Å². The van der Waals surface area contributed by atoms with Gasteiger partial charge in [0.2, 0.25) is 15.0 Å². The lowest BCUT2D eigenvalue weighted by atomic mass is 10.2. The van der Waals surface area contributed by atoms with Gasteiger partial charge in [0.25, 0.3) is 5.91 Å². The number of hydrogen-bond donors (Lipinski definition) is 1. The van der Waals surface area contributed by atoms with Gasteiger partial charge in [0.05, 0.1) is 12.3 Å². The summed E-state index contributed by atoms with van der Waals surface area (Å²) in [6.07, 6.45) is 2.54. The quantitative estimate of drug-likeness (QED) is 0.889. The van der Waals surface area contributed by atoms with Gasteiger partial charge in [-0.1, -0.05) is 17.4 Å². The summed E-state index contributed by atoms with van der Waals surface area (Å²) in [4.78, 5) is 12.2. The Morgan fingerprint density at radius 1 is 1.42 bits per heavy atom. The van der Waals surface area contributed by atoms with E-state index >= 15 is 0 Å². The lowest BCUT2D eigenvalue weighted by Gasteiger charge is -2.19. The number of carbonyl (C=O) groups is 1. The van der Waals surface area contributed by atoms with E-state index in [0.29, 0.717) is 23.7 Å². The molecule has 1 N–H and O–H groups in total. The molecule has 0 spiro atoms. The van der Waals surface area contributed by atoms with Crippen LogP contribution in [0.2, 0.25) is 0 Å². The number of hydrogen-bond acceptors (Lipinski definition) is 6. The Hall–Kier alpha value is -1.91. The summed E-state index contributed by atoms with van der Waals surface area (Å²) in [5.41, 5.74) is 0.315. The molecule has 1 aliphatic rings. The summed E-state index contributed by atoms with van der Waals surface area (Å²) in [6, 6.07) is 5.14. The van der Waals surface area contributed by atoms with Crippen LogP contribution in [0.25, 0.3) is 0 Å². The number of sulfonamides is 1. The molecule has 1 atom stereocenters. The van der Waals surface area contributed by atoms with Gasteiger partial charge in [0, 0.05) is 12.2 Å². The minimum absolute atomic E-state index is 0.106. The number of benzene rings is 1. The van der Waals surface area contributed by atoms with Crippen LogP contribution >= 0.6 is 11.3 Å². The van der Waals surface area contributed by atoms with Crippen molar-refractivity contribution in [3.63, 3.8) is 0 Å². The monoisotopic (exact) mass is 370 g/mol. The third-order valence-corrected chi connectivity index (χ3v) is 5.94. The highest BCUT2D eigenvalue weighted by Gasteiger charge is 2.35. The molecule has 0 bridgehead atoms. The number of nitrogens with one attached hydrogen (secondary N) is 1. The molecule has 24 heavy (non-hydrogen) atoms. The Balaban J connectivity index is 1.77. The first-order valence-electron chi connectivity index (χ1n) is 7.22. The van der Waals surface area contributed by atoms with E-state index < -0.39 is 21.7 Å². The fourth-order valence-electron chi connectivity index (χ4n) is 2.60. The maximum Gasteiger partial charge on any atom is 0.286 e. The van der Waals surface area contributed by atoms with Crippen LogP contribution in [0.4, 0.5) is 10.1 Å². The van der Waals surface area contributed by atoms with Crippen LogP contribution in [-0.4, -0.2) is 41.6 Å². The zero-order valence-corrected chi connectivity index (χ0v) is 14.4. The van der Waals surface area contributed by atoms with Gasteiger partial charge < -0.3 is 5.32 Å². The second kappa shape index (κ2) is 6.54. The molecule has 2 aromatic rings. The van der Waals surface area contributed by atoms with Gasteiger partial charge >= 0.3 is 0 Å². The van der Waals surface area contributed by atoms with Crippen molar-refractivity contribution in [3.8, 4) is 0 Å². The van der Waals surface area contributed by atoms with E-state index in [2.05, 4.69) is 15.5 Å². The molecule has 1 saturated heterocycles. The molecule has 0 aliphatic carbocycles. The Morgan fingerprint density at radius 3 is 2.92 bits per heavy atom. The van der Waals surface area contributed by atoms with Crippen molar-refractivity contribution < 1.29 is 17.6 Å². The third kappa shape index (κ3) is 3.60. The number of rotatable bonds is 4. The van der Waals surface area contributed by atoms with Gasteiger partial charge in [-0.15, -0.1) is 10.2 Å².